The van der Waals surface area contributed by atoms with Crippen molar-refractivity contribution in [1.29, 1.82) is 0 Å². The molecule has 0 aromatic rings. The quantitative estimate of drug-likeness (QED) is 0.486. The van der Waals surface area contributed by atoms with E-state index in [1.807, 2.05) is 0 Å². The molecule has 0 aromatic heterocycles. The SMILES string of the molecule is CC(C)N[C@@H](CCC(N)=O)C(=O)C(=O)O. The number of primary amides is 1. The van der Waals surface area contributed by atoms with Crippen molar-refractivity contribution in [2.45, 2.75) is 38.8 Å². The first kappa shape index (κ1) is 13.6. The van der Waals surface area contributed by atoms with Gasteiger partial charge in [-0.15, -0.1) is 0 Å². The summed E-state index contributed by atoms with van der Waals surface area (Å²) < 4.78 is 0. The Bertz CT molecular complexity index is 263. The van der Waals surface area contributed by atoms with Gasteiger partial charge in [0.15, 0.2) is 0 Å². The van der Waals surface area contributed by atoms with Crippen LogP contribution in [0.1, 0.15) is 26.7 Å². The topological polar surface area (TPSA) is 109 Å². The van der Waals surface area contributed by atoms with Gasteiger partial charge in [-0.3, -0.25) is 9.59 Å². The van der Waals surface area contributed by atoms with E-state index in [2.05, 4.69) is 5.32 Å². The number of nitrogens with two attached hydrogens (primary N) is 1. The van der Waals surface area contributed by atoms with Gasteiger partial charge in [-0.05, 0) is 6.42 Å². The Balaban J connectivity index is 4.36. The van der Waals surface area contributed by atoms with Crippen LogP contribution in [0.3, 0.4) is 0 Å². The summed E-state index contributed by atoms with van der Waals surface area (Å²) in [5.74, 6) is -2.99. The number of amides is 1. The Morgan fingerprint density at radius 2 is 1.87 bits per heavy atom. The number of carbonyl (C=O) groups is 3. The molecule has 0 saturated heterocycles. The van der Waals surface area contributed by atoms with Crippen molar-refractivity contribution < 1.29 is 19.5 Å². The summed E-state index contributed by atoms with van der Waals surface area (Å²) in [6.07, 6.45) is 0.0993. The number of nitrogens with one attached hydrogen (secondary N) is 1. The van der Waals surface area contributed by atoms with Crippen LogP contribution >= 0.6 is 0 Å². The molecule has 6 heteroatoms. The molecule has 0 radical (unpaired) electrons. The average molecular weight is 216 g/mol. The second-order valence-corrected chi connectivity index (χ2v) is 3.55. The van der Waals surface area contributed by atoms with Crippen molar-refractivity contribution in [3.8, 4) is 0 Å². The predicted molar refractivity (Wildman–Crippen MR) is 53.1 cm³/mol. The predicted octanol–water partition coefficient (Wildman–Crippen LogP) is -0.728. The van der Waals surface area contributed by atoms with Crippen molar-refractivity contribution >= 4 is 17.7 Å². The Morgan fingerprint density at radius 3 is 2.20 bits per heavy atom. The third-order valence-corrected chi connectivity index (χ3v) is 1.74. The van der Waals surface area contributed by atoms with Gasteiger partial charge < -0.3 is 16.2 Å². The smallest absolute Gasteiger partial charge is 0.373 e. The van der Waals surface area contributed by atoms with Crippen LogP contribution < -0.4 is 11.1 Å². The third kappa shape index (κ3) is 5.79. The summed E-state index contributed by atoms with van der Waals surface area (Å²) in [6, 6.07) is -0.888. The molecular weight excluding hydrogens is 200 g/mol. The maximum atomic E-state index is 11.2. The molecule has 0 unspecified atom stereocenters. The molecule has 0 spiro atoms. The molecule has 0 aliphatic heterocycles. The number of carboxylic acids is 1. The molecule has 0 aliphatic rings. The number of hydrogen-bond donors (Lipinski definition) is 3. The molecule has 0 rings (SSSR count). The minimum Gasteiger partial charge on any atom is -0.475 e. The van der Waals surface area contributed by atoms with Gasteiger partial charge in [0.2, 0.25) is 5.91 Å². The number of rotatable bonds is 7. The Hall–Kier alpha value is -1.43. The first-order valence-corrected chi connectivity index (χ1v) is 4.66. The largest absolute Gasteiger partial charge is 0.475 e. The normalized spacial score (nSPS) is 12.5. The molecule has 0 fully saturated rings. The highest BCUT2D eigenvalue weighted by molar-refractivity contribution is 6.34. The van der Waals surface area contributed by atoms with E-state index < -0.39 is 23.7 Å². The molecule has 0 saturated carbocycles. The number of Topliss-reactive ketones (excluding diaryl/α,β-unsaturated/α-hetero) is 1. The van der Waals surface area contributed by atoms with Crippen LogP contribution in [0.15, 0.2) is 0 Å². The van der Waals surface area contributed by atoms with Gasteiger partial charge in [0, 0.05) is 12.5 Å². The van der Waals surface area contributed by atoms with Crippen LogP contribution in [0.25, 0.3) is 0 Å². The van der Waals surface area contributed by atoms with Crippen LogP contribution in [0.5, 0.6) is 0 Å². The van der Waals surface area contributed by atoms with Gasteiger partial charge in [0.25, 0.3) is 5.78 Å². The van der Waals surface area contributed by atoms with Gasteiger partial charge >= 0.3 is 5.97 Å². The first-order chi connectivity index (χ1) is 6.84. The Labute approximate surface area is 87.8 Å². The molecule has 1 amide bonds. The molecule has 0 aliphatic carbocycles. The van der Waals surface area contributed by atoms with Gasteiger partial charge in [-0.25, -0.2) is 4.79 Å². The first-order valence-electron chi connectivity index (χ1n) is 4.66. The van der Waals surface area contributed by atoms with Crippen molar-refractivity contribution in [3.63, 3.8) is 0 Å². The Morgan fingerprint density at radius 1 is 1.33 bits per heavy atom. The minimum absolute atomic E-state index is 0.0105. The summed E-state index contributed by atoms with van der Waals surface area (Å²) in [6.45, 7) is 3.57. The zero-order valence-electron chi connectivity index (χ0n) is 8.82. The van der Waals surface area contributed by atoms with E-state index in [9.17, 15) is 14.4 Å². The zero-order valence-corrected chi connectivity index (χ0v) is 8.82. The molecule has 86 valence electrons. The lowest BCUT2D eigenvalue weighted by atomic mass is 10.1. The van der Waals surface area contributed by atoms with E-state index in [1.165, 1.54) is 0 Å². The molecule has 15 heavy (non-hydrogen) atoms. The fourth-order valence-corrected chi connectivity index (χ4v) is 1.13. The number of carbonyl (C=O) groups excluding carboxylic acids is 2. The van der Waals surface area contributed by atoms with Crippen LogP contribution in [-0.4, -0.2) is 34.8 Å². The second kappa shape index (κ2) is 6.13. The summed E-state index contributed by atoms with van der Waals surface area (Å²) in [4.78, 5) is 32.2. The van der Waals surface area contributed by atoms with E-state index >= 15 is 0 Å². The molecule has 1 atom stereocenters. The number of aliphatic carboxylic acids is 1. The molecule has 0 aromatic carbocycles. The van der Waals surface area contributed by atoms with E-state index in [1.54, 1.807) is 13.8 Å². The van der Waals surface area contributed by atoms with E-state index in [4.69, 9.17) is 10.8 Å². The summed E-state index contributed by atoms with van der Waals surface area (Å²) in [5, 5.41) is 11.3. The van der Waals surface area contributed by atoms with Crippen LogP contribution in [-0.2, 0) is 14.4 Å². The summed E-state index contributed by atoms with van der Waals surface area (Å²) in [7, 11) is 0. The van der Waals surface area contributed by atoms with Crippen molar-refractivity contribution in [2.75, 3.05) is 0 Å². The molecular formula is C9H16N2O4. The molecule has 4 N–H and O–H groups in total. The van der Waals surface area contributed by atoms with Gasteiger partial charge in [-0.1, -0.05) is 13.8 Å². The van der Waals surface area contributed by atoms with Gasteiger partial charge in [0.1, 0.15) is 0 Å². The van der Waals surface area contributed by atoms with Gasteiger partial charge in [0.05, 0.1) is 6.04 Å². The molecule has 6 nitrogen and oxygen atoms in total. The van der Waals surface area contributed by atoms with Crippen molar-refractivity contribution in [1.82, 2.24) is 5.32 Å². The zero-order chi connectivity index (χ0) is 12.0. The Kier molecular flexibility index (Phi) is 5.54. The monoisotopic (exact) mass is 216 g/mol. The maximum Gasteiger partial charge on any atom is 0.373 e. The summed E-state index contributed by atoms with van der Waals surface area (Å²) >= 11 is 0. The number of ketones is 1. The lowest BCUT2D eigenvalue weighted by Crippen LogP contribution is -2.44. The van der Waals surface area contributed by atoms with Crippen LogP contribution in [0.2, 0.25) is 0 Å². The standard InChI is InChI=1S/C9H16N2O4/c1-5(2)11-6(3-4-7(10)12)8(13)9(14)15/h5-6,11H,3-4H2,1-2H3,(H2,10,12)(H,14,15)/t6-/m0/s1. The van der Waals surface area contributed by atoms with Crippen LogP contribution in [0.4, 0.5) is 0 Å². The molecule has 0 bridgehead atoms. The van der Waals surface area contributed by atoms with E-state index in [0.29, 0.717) is 0 Å². The van der Waals surface area contributed by atoms with Crippen LogP contribution in [0, 0.1) is 0 Å². The van der Waals surface area contributed by atoms with Gasteiger partial charge in [-0.2, -0.15) is 0 Å². The lowest BCUT2D eigenvalue weighted by Gasteiger charge is -2.17. The second-order valence-electron chi connectivity index (χ2n) is 3.55. The third-order valence-electron chi connectivity index (χ3n) is 1.74. The average Bonchev–Trinajstić information content (AvgIpc) is 2.10. The van der Waals surface area contributed by atoms with Crippen molar-refractivity contribution in [2.24, 2.45) is 5.73 Å². The number of carboxylic acid groups (broad SMARTS) is 1. The van der Waals surface area contributed by atoms with E-state index in [-0.39, 0.29) is 18.9 Å². The molecule has 0 heterocycles. The highest BCUT2D eigenvalue weighted by Crippen LogP contribution is 2.00. The highest BCUT2D eigenvalue weighted by atomic mass is 16.4. The van der Waals surface area contributed by atoms with E-state index in [0.717, 1.165) is 0 Å². The fraction of sp³-hybridized carbons (Fsp3) is 0.667. The minimum atomic E-state index is -1.50. The number of hydrogen-bond acceptors (Lipinski definition) is 4. The lowest BCUT2D eigenvalue weighted by molar-refractivity contribution is -0.150. The maximum absolute atomic E-state index is 11.2. The fourth-order valence-electron chi connectivity index (χ4n) is 1.13. The summed E-state index contributed by atoms with van der Waals surface area (Å²) in [5.41, 5.74) is 4.92. The van der Waals surface area contributed by atoms with Crippen molar-refractivity contribution in [3.05, 3.63) is 0 Å². The highest BCUT2D eigenvalue weighted by Gasteiger charge is 2.25.